The quantitative estimate of drug-likeness (QED) is 0.866. The fourth-order valence-corrected chi connectivity index (χ4v) is 2.94. The van der Waals surface area contributed by atoms with E-state index in [4.69, 9.17) is 17.3 Å². The van der Waals surface area contributed by atoms with Crippen molar-refractivity contribution in [1.82, 2.24) is 4.98 Å². The van der Waals surface area contributed by atoms with Gasteiger partial charge in [-0.05, 0) is 49.5 Å². The summed E-state index contributed by atoms with van der Waals surface area (Å²) in [5.74, 6) is 2.12. The lowest BCUT2D eigenvalue weighted by Gasteiger charge is -2.23. The highest BCUT2D eigenvalue weighted by molar-refractivity contribution is 6.30. The highest BCUT2D eigenvalue weighted by atomic mass is 35.5. The van der Waals surface area contributed by atoms with Crippen molar-refractivity contribution < 1.29 is 5.11 Å². The van der Waals surface area contributed by atoms with Crippen LogP contribution in [0.15, 0.2) is 12.3 Å². The van der Waals surface area contributed by atoms with Crippen LogP contribution in [0.2, 0.25) is 5.02 Å². The summed E-state index contributed by atoms with van der Waals surface area (Å²) in [5.41, 5.74) is 6.55. The molecule has 2 aliphatic carbocycles. The van der Waals surface area contributed by atoms with Crippen LogP contribution >= 0.6 is 11.6 Å². The summed E-state index contributed by atoms with van der Waals surface area (Å²) < 4.78 is 0. The molecule has 0 radical (unpaired) electrons. The smallest absolute Gasteiger partial charge is 0.129 e. The van der Waals surface area contributed by atoms with Gasteiger partial charge in [0.15, 0.2) is 0 Å². The predicted octanol–water partition coefficient (Wildman–Crippen LogP) is 2.79. The van der Waals surface area contributed by atoms with E-state index < -0.39 is 6.10 Å². The first-order valence-electron chi connectivity index (χ1n) is 6.26. The normalized spacial score (nSPS) is 21.8. The van der Waals surface area contributed by atoms with Gasteiger partial charge in [-0.25, -0.2) is 4.98 Å². The van der Waals surface area contributed by atoms with E-state index in [1.165, 1.54) is 31.9 Å². The third kappa shape index (κ3) is 2.26. The van der Waals surface area contributed by atoms with Crippen molar-refractivity contribution in [2.75, 3.05) is 5.73 Å². The van der Waals surface area contributed by atoms with Gasteiger partial charge < -0.3 is 10.8 Å². The summed E-state index contributed by atoms with van der Waals surface area (Å²) in [6, 6.07) is 1.76. The van der Waals surface area contributed by atoms with Gasteiger partial charge in [-0.3, -0.25) is 0 Å². The Morgan fingerprint density at radius 1 is 1.29 bits per heavy atom. The maximum absolute atomic E-state index is 10.5. The number of hydrogen-bond acceptors (Lipinski definition) is 3. The lowest BCUT2D eigenvalue weighted by atomic mass is 9.87. The van der Waals surface area contributed by atoms with E-state index in [1.807, 2.05) is 0 Å². The molecule has 0 spiro atoms. The van der Waals surface area contributed by atoms with Crippen molar-refractivity contribution in [3.05, 3.63) is 22.8 Å². The average Bonchev–Trinajstić information content (AvgIpc) is 3.13. The van der Waals surface area contributed by atoms with Crippen LogP contribution in [0.3, 0.4) is 0 Å². The van der Waals surface area contributed by atoms with Gasteiger partial charge in [0.2, 0.25) is 0 Å². The summed E-state index contributed by atoms with van der Waals surface area (Å²) in [5, 5.41) is 11.1. The molecule has 0 saturated heterocycles. The molecule has 92 valence electrons. The maximum atomic E-state index is 10.5. The number of anilines is 1. The highest BCUT2D eigenvalue weighted by Crippen LogP contribution is 2.54. The SMILES string of the molecule is Nc1ncc(Cl)cc1C(O)C(C1CC1)C1CC1. The van der Waals surface area contributed by atoms with Crippen LogP contribution in [-0.2, 0) is 0 Å². The number of nitrogens with two attached hydrogens (primary N) is 1. The minimum Gasteiger partial charge on any atom is -0.388 e. The number of pyridine rings is 1. The average molecular weight is 253 g/mol. The van der Waals surface area contributed by atoms with E-state index in [-0.39, 0.29) is 0 Å². The fourth-order valence-electron chi connectivity index (χ4n) is 2.77. The lowest BCUT2D eigenvalue weighted by Crippen LogP contribution is -2.18. The number of aromatic nitrogens is 1. The molecule has 1 aromatic rings. The van der Waals surface area contributed by atoms with Gasteiger partial charge in [0.05, 0.1) is 11.1 Å². The molecule has 0 aliphatic heterocycles. The number of aliphatic hydroxyl groups excluding tert-OH is 1. The zero-order chi connectivity index (χ0) is 12.0. The molecule has 1 atom stereocenters. The van der Waals surface area contributed by atoms with Crippen molar-refractivity contribution >= 4 is 17.4 Å². The van der Waals surface area contributed by atoms with E-state index in [0.717, 1.165) is 0 Å². The Hall–Kier alpha value is -0.800. The van der Waals surface area contributed by atoms with Gasteiger partial charge in [0.1, 0.15) is 5.82 Å². The van der Waals surface area contributed by atoms with Crippen LogP contribution in [0.25, 0.3) is 0 Å². The summed E-state index contributed by atoms with van der Waals surface area (Å²) in [6.07, 6.45) is 5.99. The summed E-state index contributed by atoms with van der Waals surface area (Å²) in [6.45, 7) is 0. The van der Waals surface area contributed by atoms with Crippen LogP contribution in [0.1, 0.15) is 37.4 Å². The van der Waals surface area contributed by atoms with E-state index in [1.54, 1.807) is 6.07 Å². The molecular weight excluding hydrogens is 236 g/mol. The Morgan fingerprint density at radius 2 is 1.88 bits per heavy atom. The third-order valence-electron chi connectivity index (χ3n) is 3.93. The van der Waals surface area contributed by atoms with E-state index in [9.17, 15) is 5.11 Å². The first-order chi connectivity index (χ1) is 8.16. The van der Waals surface area contributed by atoms with Crippen molar-refractivity contribution in [2.24, 2.45) is 17.8 Å². The first-order valence-corrected chi connectivity index (χ1v) is 6.63. The Morgan fingerprint density at radius 3 is 2.41 bits per heavy atom. The van der Waals surface area contributed by atoms with Crippen LogP contribution in [-0.4, -0.2) is 10.1 Å². The number of rotatable bonds is 4. The standard InChI is InChI=1S/C13H17ClN2O/c14-9-5-10(13(15)16-6-9)12(17)11(7-1-2-7)8-3-4-8/h5-8,11-12,17H,1-4H2,(H2,15,16). The number of hydrogen-bond donors (Lipinski definition) is 2. The molecule has 1 unspecified atom stereocenters. The van der Waals surface area contributed by atoms with Gasteiger partial charge in [0, 0.05) is 11.8 Å². The maximum Gasteiger partial charge on any atom is 0.129 e. The molecule has 3 nitrogen and oxygen atoms in total. The molecule has 2 saturated carbocycles. The molecular formula is C13H17ClN2O. The van der Waals surface area contributed by atoms with Crippen LogP contribution in [0.5, 0.6) is 0 Å². The molecule has 17 heavy (non-hydrogen) atoms. The van der Waals surface area contributed by atoms with Gasteiger partial charge in [-0.15, -0.1) is 0 Å². The van der Waals surface area contributed by atoms with Crippen LogP contribution in [0, 0.1) is 17.8 Å². The van der Waals surface area contributed by atoms with Crippen LogP contribution in [0.4, 0.5) is 5.82 Å². The number of aliphatic hydroxyl groups is 1. The zero-order valence-corrected chi connectivity index (χ0v) is 10.4. The zero-order valence-electron chi connectivity index (χ0n) is 9.64. The van der Waals surface area contributed by atoms with Crippen LogP contribution < -0.4 is 5.73 Å². The minimum atomic E-state index is -0.499. The molecule has 3 N–H and O–H groups in total. The Labute approximate surface area is 106 Å². The van der Waals surface area contributed by atoms with Crippen molar-refractivity contribution in [3.63, 3.8) is 0 Å². The summed E-state index contributed by atoms with van der Waals surface area (Å²) >= 11 is 5.93. The number of halogens is 1. The Kier molecular flexibility index (Phi) is 2.75. The largest absolute Gasteiger partial charge is 0.388 e. The number of nitrogens with zero attached hydrogens (tertiary/aromatic N) is 1. The van der Waals surface area contributed by atoms with Gasteiger partial charge in [-0.1, -0.05) is 11.6 Å². The molecule has 3 rings (SSSR count). The molecule has 2 aliphatic rings. The fraction of sp³-hybridized carbons (Fsp3) is 0.615. The van der Waals surface area contributed by atoms with Gasteiger partial charge >= 0.3 is 0 Å². The predicted molar refractivity (Wildman–Crippen MR) is 67.6 cm³/mol. The van der Waals surface area contributed by atoms with Crippen molar-refractivity contribution in [1.29, 1.82) is 0 Å². The molecule has 1 aromatic heterocycles. The Bertz CT molecular complexity index is 417. The molecule has 1 heterocycles. The summed E-state index contributed by atoms with van der Waals surface area (Å²) in [7, 11) is 0. The molecule has 4 heteroatoms. The second-order valence-electron chi connectivity index (χ2n) is 5.33. The van der Waals surface area contributed by atoms with Crippen molar-refractivity contribution in [3.8, 4) is 0 Å². The van der Waals surface area contributed by atoms with E-state index >= 15 is 0 Å². The molecule has 0 aromatic carbocycles. The van der Waals surface area contributed by atoms with E-state index in [2.05, 4.69) is 4.98 Å². The summed E-state index contributed by atoms with van der Waals surface area (Å²) in [4.78, 5) is 4.03. The highest BCUT2D eigenvalue weighted by Gasteiger charge is 2.45. The second kappa shape index (κ2) is 4.14. The molecule has 0 bridgehead atoms. The molecule has 0 amide bonds. The number of nitrogen functional groups attached to an aromatic ring is 1. The monoisotopic (exact) mass is 252 g/mol. The van der Waals surface area contributed by atoms with Gasteiger partial charge in [0.25, 0.3) is 0 Å². The minimum absolute atomic E-state index is 0.359. The van der Waals surface area contributed by atoms with Gasteiger partial charge in [-0.2, -0.15) is 0 Å². The Balaban J connectivity index is 1.88. The molecule has 2 fully saturated rings. The first kappa shape index (κ1) is 11.3. The van der Waals surface area contributed by atoms with E-state index in [0.29, 0.717) is 34.2 Å². The second-order valence-corrected chi connectivity index (χ2v) is 5.76. The van der Waals surface area contributed by atoms with Crippen molar-refractivity contribution in [2.45, 2.75) is 31.8 Å². The topological polar surface area (TPSA) is 59.1 Å². The lowest BCUT2D eigenvalue weighted by molar-refractivity contribution is 0.0825. The third-order valence-corrected chi connectivity index (χ3v) is 4.14.